The lowest BCUT2D eigenvalue weighted by molar-refractivity contribution is -0.152. The molecule has 0 aliphatic carbocycles. The first-order chi connectivity index (χ1) is 12.9. The second-order valence-corrected chi connectivity index (χ2v) is 5.67. The Balaban J connectivity index is 2.09. The number of halogens is 3. The zero-order chi connectivity index (χ0) is 19.2. The number of aromatic hydroxyl groups is 1. The fraction of sp³-hybridized carbons (Fsp3) is 0.0556. The molecule has 0 amide bonds. The molecule has 0 aliphatic heterocycles. The smallest absolute Gasteiger partial charge is 0.450 e. The molecule has 0 saturated carbocycles. The van der Waals surface area contributed by atoms with Crippen LogP contribution in [0.2, 0.25) is 0 Å². The van der Waals surface area contributed by atoms with E-state index in [4.69, 9.17) is 4.42 Å². The van der Waals surface area contributed by atoms with Gasteiger partial charge in [0.1, 0.15) is 23.2 Å². The fourth-order valence-corrected chi connectivity index (χ4v) is 2.77. The number of phenolic OH excluding ortho intramolecular Hbond substituents is 1. The lowest BCUT2D eigenvalue weighted by Crippen LogP contribution is -2.18. The van der Waals surface area contributed by atoms with E-state index in [1.807, 2.05) is 0 Å². The van der Waals surface area contributed by atoms with E-state index in [0.29, 0.717) is 5.69 Å². The second-order valence-electron chi connectivity index (χ2n) is 5.67. The van der Waals surface area contributed by atoms with Gasteiger partial charge in [0.25, 0.3) is 0 Å². The SMILES string of the molecule is O=c1c(-c2nncn2-c2ccccc2)c(C(F)(F)F)oc2cc(O)ccc12. The van der Waals surface area contributed by atoms with Gasteiger partial charge in [-0.3, -0.25) is 9.36 Å². The van der Waals surface area contributed by atoms with Gasteiger partial charge >= 0.3 is 6.18 Å². The van der Waals surface area contributed by atoms with Gasteiger partial charge < -0.3 is 9.52 Å². The molecule has 2 aromatic carbocycles. The Morgan fingerprint density at radius 2 is 1.81 bits per heavy atom. The van der Waals surface area contributed by atoms with Crippen molar-refractivity contribution in [1.82, 2.24) is 14.8 Å². The molecular formula is C18H10F3N3O3. The maximum atomic E-state index is 13.6. The van der Waals surface area contributed by atoms with E-state index < -0.39 is 22.9 Å². The summed E-state index contributed by atoms with van der Waals surface area (Å²) in [5.41, 5.74) is -1.56. The summed E-state index contributed by atoms with van der Waals surface area (Å²) in [6.45, 7) is 0. The van der Waals surface area contributed by atoms with Crippen molar-refractivity contribution in [2.45, 2.75) is 6.18 Å². The van der Waals surface area contributed by atoms with Gasteiger partial charge in [-0.1, -0.05) is 18.2 Å². The lowest BCUT2D eigenvalue weighted by Gasteiger charge is -2.13. The van der Waals surface area contributed by atoms with Crippen molar-refractivity contribution in [2.75, 3.05) is 0 Å². The largest absolute Gasteiger partial charge is 0.508 e. The molecule has 4 aromatic rings. The van der Waals surface area contributed by atoms with Crippen LogP contribution in [0.5, 0.6) is 5.75 Å². The van der Waals surface area contributed by atoms with Crippen LogP contribution in [0.3, 0.4) is 0 Å². The van der Waals surface area contributed by atoms with Crippen LogP contribution in [0.1, 0.15) is 5.76 Å². The molecular weight excluding hydrogens is 363 g/mol. The maximum Gasteiger partial charge on any atom is 0.450 e. The lowest BCUT2D eigenvalue weighted by atomic mass is 10.1. The monoisotopic (exact) mass is 373 g/mol. The summed E-state index contributed by atoms with van der Waals surface area (Å²) in [7, 11) is 0. The molecule has 9 heteroatoms. The topological polar surface area (TPSA) is 81.2 Å². The first-order valence-electron chi connectivity index (χ1n) is 7.69. The summed E-state index contributed by atoms with van der Waals surface area (Å²) in [5.74, 6) is -2.12. The number of rotatable bonds is 2. The van der Waals surface area contributed by atoms with Crippen molar-refractivity contribution < 1.29 is 22.7 Å². The van der Waals surface area contributed by atoms with Gasteiger partial charge in [0.15, 0.2) is 5.82 Å². The zero-order valence-corrected chi connectivity index (χ0v) is 13.4. The van der Waals surface area contributed by atoms with Gasteiger partial charge in [0, 0.05) is 11.8 Å². The molecule has 4 rings (SSSR count). The molecule has 0 spiro atoms. The van der Waals surface area contributed by atoms with Crippen molar-refractivity contribution in [3.8, 4) is 22.8 Å². The summed E-state index contributed by atoms with van der Waals surface area (Å²) < 4.78 is 47.1. The number of hydrogen-bond acceptors (Lipinski definition) is 5. The first kappa shape index (κ1) is 16.8. The number of para-hydroxylation sites is 1. The third kappa shape index (κ3) is 2.82. The molecule has 0 atom stereocenters. The van der Waals surface area contributed by atoms with E-state index in [1.54, 1.807) is 30.3 Å². The summed E-state index contributed by atoms with van der Waals surface area (Å²) in [6, 6.07) is 11.7. The quantitative estimate of drug-likeness (QED) is 0.579. The average Bonchev–Trinajstić information content (AvgIpc) is 3.10. The number of nitrogens with zero attached hydrogens (tertiary/aromatic N) is 3. The summed E-state index contributed by atoms with van der Waals surface area (Å²) in [5, 5.41) is 16.8. The Bertz CT molecular complexity index is 1200. The van der Waals surface area contributed by atoms with Crippen molar-refractivity contribution in [3.63, 3.8) is 0 Å². The third-order valence-corrected chi connectivity index (χ3v) is 3.94. The Kier molecular flexibility index (Phi) is 3.72. The third-order valence-electron chi connectivity index (χ3n) is 3.94. The molecule has 136 valence electrons. The minimum atomic E-state index is -4.96. The second kappa shape index (κ2) is 5.97. The van der Waals surface area contributed by atoms with E-state index >= 15 is 0 Å². The zero-order valence-electron chi connectivity index (χ0n) is 13.4. The number of alkyl halides is 3. The molecule has 0 saturated heterocycles. The van der Waals surface area contributed by atoms with Crippen LogP contribution in [-0.4, -0.2) is 19.9 Å². The fourth-order valence-electron chi connectivity index (χ4n) is 2.77. The van der Waals surface area contributed by atoms with Crippen molar-refractivity contribution in [1.29, 1.82) is 0 Å². The van der Waals surface area contributed by atoms with Crippen molar-refractivity contribution >= 4 is 11.0 Å². The van der Waals surface area contributed by atoms with E-state index in [2.05, 4.69) is 10.2 Å². The standard InChI is InChI=1S/C18H10F3N3O3/c19-18(20,21)16-14(15(26)12-7-6-11(25)8-13(12)27-16)17-23-22-9-24(17)10-4-2-1-3-5-10/h1-9,25H. The molecule has 0 aliphatic rings. The van der Waals surface area contributed by atoms with Gasteiger partial charge in [-0.25, -0.2) is 0 Å². The predicted octanol–water partition coefficient (Wildman–Crippen LogP) is 3.77. The highest BCUT2D eigenvalue weighted by Crippen LogP contribution is 2.37. The van der Waals surface area contributed by atoms with E-state index in [9.17, 15) is 23.1 Å². The highest BCUT2D eigenvalue weighted by atomic mass is 19.4. The van der Waals surface area contributed by atoms with E-state index in [0.717, 1.165) is 6.07 Å². The van der Waals surface area contributed by atoms with E-state index in [1.165, 1.54) is 23.0 Å². The van der Waals surface area contributed by atoms with Gasteiger partial charge in [0.2, 0.25) is 11.2 Å². The molecule has 1 N–H and O–H groups in total. The molecule has 0 fully saturated rings. The van der Waals surface area contributed by atoms with E-state index in [-0.39, 0.29) is 22.5 Å². The Hall–Kier alpha value is -3.62. The molecule has 2 heterocycles. The van der Waals surface area contributed by atoms with Crippen LogP contribution in [0.15, 0.2) is 64.1 Å². The Morgan fingerprint density at radius 1 is 1.07 bits per heavy atom. The minimum absolute atomic E-state index is 0.113. The van der Waals surface area contributed by atoms with Crippen LogP contribution < -0.4 is 5.43 Å². The van der Waals surface area contributed by atoms with Crippen LogP contribution in [0, 0.1) is 0 Å². The van der Waals surface area contributed by atoms with Gasteiger partial charge in [-0.2, -0.15) is 13.2 Å². The molecule has 6 nitrogen and oxygen atoms in total. The molecule has 2 aromatic heterocycles. The van der Waals surface area contributed by atoms with Gasteiger partial charge in [-0.15, -0.1) is 10.2 Å². The number of hydrogen-bond donors (Lipinski definition) is 1. The van der Waals surface area contributed by atoms with Crippen LogP contribution >= 0.6 is 0 Å². The molecule has 0 radical (unpaired) electrons. The summed E-state index contributed by atoms with van der Waals surface area (Å²) >= 11 is 0. The molecule has 0 unspecified atom stereocenters. The van der Waals surface area contributed by atoms with Crippen LogP contribution in [-0.2, 0) is 6.18 Å². The number of phenols is 1. The highest BCUT2D eigenvalue weighted by molar-refractivity contribution is 5.83. The van der Waals surface area contributed by atoms with Gasteiger partial charge in [-0.05, 0) is 24.3 Å². The summed E-state index contributed by atoms with van der Waals surface area (Å²) in [6.07, 6.45) is -3.74. The average molecular weight is 373 g/mol. The van der Waals surface area contributed by atoms with Crippen molar-refractivity contribution in [3.05, 3.63) is 70.8 Å². The van der Waals surface area contributed by atoms with Crippen molar-refractivity contribution in [2.24, 2.45) is 0 Å². The predicted molar refractivity (Wildman–Crippen MR) is 89.5 cm³/mol. The first-order valence-corrected chi connectivity index (χ1v) is 7.69. The van der Waals surface area contributed by atoms with Gasteiger partial charge in [0.05, 0.1) is 5.39 Å². The highest BCUT2D eigenvalue weighted by Gasteiger charge is 2.40. The number of aromatic nitrogens is 3. The van der Waals surface area contributed by atoms with Crippen LogP contribution in [0.4, 0.5) is 13.2 Å². The normalized spacial score (nSPS) is 11.8. The number of fused-ring (bicyclic) bond motifs is 1. The summed E-state index contributed by atoms with van der Waals surface area (Å²) in [4.78, 5) is 12.9. The maximum absolute atomic E-state index is 13.6. The molecule has 0 bridgehead atoms. The molecule has 27 heavy (non-hydrogen) atoms. The number of benzene rings is 2. The van der Waals surface area contributed by atoms with Crippen LogP contribution in [0.25, 0.3) is 28.0 Å². The Labute approximate surface area is 149 Å². The minimum Gasteiger partial charge on any atom is -0.508 e. The Morgan fingerprint density at radius 3 is 2.52 bits per heavy atom.